The van der Waals surface area contributed by atoms with E-state index in [2.05, 4.69) is 25.4 Å². The molecule has 1 aliphatic rings. The highest BCUT2D eigenvalue weighted by Crippen LogP contribution is 2.27. The van der Waals surface area contributed by atoms with Gasteiger partial charge in [-0.25, -0.2) is 4.98 Å². The number of anilines is 1. The monoisotopic (exact) mass is 415 g/mol. The van der Waals surface area contributed by atoms with Crippen molar-refractivity contribution >= 4 is 23.2 Å². The van der Waals surface area contributed by atoms with Gasteiger partial charge in [-0.3, -0.25) is 19.6 Å². The fourth-order valence-corrected chi connectivity index (χ4v) is 3.20. The molecule has 4 rings (SSSR count). The minimum absolute atomic E-state index is 0.169. The lowest BCUT2D eigenvalue weighted by atomic mass is 9.93. The highest BCUT2D eigenvalue weighted by molar-refractivity contribution is 6.49. The summed E-state index contributed by atoms with van der Waals surface area (Å²) in [5.74, 6) is -0.139. The quantitative estimate of drug-likeness (QED) is 0.699. The van der Waals surface area contributed by atoms with Crippen LogP contribution in [0.2, 0.25) is 0 Å². The molecule has 156 valence electrons. The van der Waals surface area contributed by atoms with Crippen molar-refractivity contribution in [3.8, 4) is 11.3 Å². The lowest BCUT2D eigenvalue weighted by Crippen LogP contribution is -2.33. The number of benzene rings is 1. The number of aromatic nitrogens is 3. The van der Waals surface area contributed by atoms with Crippen LogP contribution in [0, 0.1) is 13.8 Å². The first-order chi connectivity index (χ1) is 14.8. The number of amides is 1. The highest BCUT2D eigenvalue weighted by Gasteiger charge is 2.40. The van der Waals surface area contributed by atoms with Gasteiger partial charge in [0.2, 0.25) is 5.78 Å². The third-order valence-corrected chi connectivity index (χ3v) is 5.06. The SMILES string of the molecule is Cc1ccc(C2=NOC(C)(C)C2=O)cc1-c1cnc(NC(=O)c2cccnc2C)cn1. The van der Waals surface area contributed by atoms with Crippen molar-refractivity contribution in [1.82, 2.24) is 15.0 Å². The van der Waals surface area contributed by atoms with Crippen LogP contribution in [0.15, 0.2) is 54.1 Å². The lowest BCUT2D eigenvalue weighted by Gasteiger charge is -2.12. The van der Waals surface area contributed by atoms with E-state index in [-0.39, 0.29) is 17.4 Å². The van der Waals surface area contributed by atoms with Crippen LogP contribution < -0.4 is 5.32 Å². The third-order valence-electron chi connectivity index (χ3n) is 5.06. The number of oxime groups is 1. The molecule has 0 saturated carbocycles. The van der Waals surface area contributed by atoms with E-state index in [4.69, 9.17) is 4.84 Å². The van der Waals surface area contributed by atoms with E-state index in [0.29, 0.717) is 28.3 Å². The molecule has 1 aromatic carbocycles. The standard InChI is InChI=1S/C23H21N5O3/c1-13-7-8-15(20-21(29)23(3,4)31-28-20)10-17(13)18-11-26-19(12-25-18)27-22(30)16-6-5-9-24-14(16)2/h5-12H,1-4H3,(H,26,27,30). The van der Waals surface area contributed by atoms with Crippen molar-refractivity contribution < 1.29 is 14.4 Å². The minimum Gasteiger partial charge on any atom is -0.381 e. The Balaban J connectivity index is 1.58. The van der Waals surface area contributed by atoms with Crippen molar-refractivity contribution in [3.63, 3.8) is 0 Å². The number of ketones is 1. The van der Waals surface area contributed by atoms with Gasteiger partial charge in [-0.2, -0.15) is 0 Å². The van der Waals surface area contributed by atoms with Crippen molar-refractivity contribution in [2.45, 2.75) is 33.3 Å². The first-order valence-electron chi connectivity index (χ1n) is 9.73. The molecule has 1 N–H and O–H groups in total. The molecule has 2 aromatic heterocycles. The van der Waals surface area contributed by atoms with E-state index in [9.17, 15) is 9.59 Å². The van der Waals surface area contributed by atoms with Gasteiger partial charge < -0.3 is 10.2 Å². The van der Waals surface area contributed by atoms with Gasteiger partial charge in [0.1, 0.15) is 0 Å². The van der Waals surface area contributed by atoms with Crippen LogP contribution in [0.3, 0.4) is 0 Å². The molecule has 3 aromatic rings. The first kappa shape index (κ1) is 20.3. The zero-order valence-electron chi connectivity index (χ0n) is 17.6. The van der Waals surface area contributed by atoms with E-state index in [1.165, 1.54) is 6.20 Å². The summed E-state index contributed by atoms with van der Waals surface area (Å²) < 4.78 is 0. The van der Waals surface area contributed by atoms with Crippen molar-refractivity contribution in [3.05, 3.63) is 71.3 Å². The van der Waals surface area contributed by atoms with Crippen molar-refractivity contribution in [2.24, 2.45) is 5.16 Å². The number of hydrogen-bond donors (Lipinski definition) is 1. The fraction of sp³-hybridized carbons (Fsp3) is 0.217. The number of rotatable bonds is 4. The number of carbonyl (C=O) groups is 2. The predicted octanol–water partition coefficient (Wildman–Crippen LogP) is 3.49. The summed E-state index contributed by atoms with van der Waals surface area (Å²) in [7, 11) is 0. The summed E-state index contributed by atoms with van der Waals surface area (Å²) in [5.41, 5.74) is 3.47. The van der Waals surface area contributed by atoms with Crippen LogP contribution in [0.4, 0.5) is 5.82 Å². The molecule has 1 amide bonds. The van der Waals surface area contributed by atoms with Gasteiger partial charge in [-0.05, 0) is 51.5 Å². The van der Waals surface area contributed by atoms with Crippen molar-refractivity contribution in [2.75, 3.05) is 5.32 Å². The summed E-state index contributed by atoms with van der Waals surface area (Å²) in [6.07, 6.45) is 4.71. The lowest BCUT2D eigenvalue weighted by molar-refractivity contribution is -0.128. The van der Waals surface area contributed by atoms with Gasteiger partial charge in [-0.15, -0.1) is 0 Å². The molecule has 8 nitrogen and oxygen atoms in total. The van der Waals surface area contributed by atoms with Gasteiger partial charge in [-0.1, -0.05) is 17.3 Å². The summed E-state index contributed by atoms with van der Waals surface area (Å²) >= 11 is 0. The molecule has 0 radical (unpaired) electrons. The molecule has 3 heterocycles. The number of Topliss-reactive ketones (excluding diaryl/α,β-unsaturated/α-hetero) is 1. The number of carbonyl (C=O) groups excluding carboxylic acids is 2. The topological polar surface area (TPSA) is 106 Å². The van der Waals surface area contributed by atoms with Crippen LogP contribution in [-0.4, -0.2) is 38.0 Å². The normalized spacial score (nSPS) is 14.7. The Labute approximate surface area is 179 Å². The molecule has 0 fully saturated rings. The van der Waals surface area contributed by atoms with Crippen molar-refractivity contribution in [1.29, 1.82) is 0 Å². The van der Waals surface area contributed by atoms with Crippen LogP contribution in [-0.2, 0) is 9.63 Å². The van der Waals surface area contributed by atoms with Crippen LogP contribution >= 0.6 is 0 Å². The van der Waals surface area contributed by atoms with Crippen LogP contribution in [0.25, 0.3) is 11.3 Å². The molecule has 0 atom stereocenters. The molecule has 0 spiro atoms. The second kappa shape index (κ2) is 7.71. The van der Waals surface area contributed by atoms with Gasteiger partial charge in [0.15, 0.2) is 17.1 Å². The van der Waals surface area contributed by atoms with Crippen LogP contribution in [0.5, 0.6) is 0 Å². The van der Waals surface area contributed by atoms with Gasteiger partial charge >= 0.3 is 0 Å². The number of nitrogens with one attached hydrogen (secondary N) is 1. The minimum atomic E-state index is -0.966. The Morgan fingerprint density at radius 2 is 1.87 bits per heavy atom. The molecule has 0 bridgehead atoms. The van der Waals surface area contributed by atoms with E-state index >= 15 is 0 Å². The predicted molar refractivity (Wildman–Crippen MR) is 116 cm³/mol. The molecule has 0 saturated heterocycles. The van der Waals surface area contributed by atoms with E-state index in [1.54, 1.807) is 45.3 Å². The Hall–Kier alpha value is -3.94. The third kappa shape index (κ3) is 3.92. The largest absolute Gasteiger partial charge is 0.381 e. The molecule has 0 unspecified atom stereocenters. The Kier molecular flexibility index (Phi) is 5.06. The summed E-state index contributed by atoms with van der Waals surface area (Å²) in [4.78, 5) is 43.1. The fourth-order valence-electron chi connectivity index (χ4n) is 3.20. The maximum Gasteiger partial charge on any atom is 0.258 e. The highest BCUT2D eigenvalue weighted by atomic mass is 16.7. The molecule has 8 heteroatoms. The van der Waals surface area contributed by atoms with E-state index < -0.39 is 5.60 Å². The van der Waals surface area contributed by atoms with Crippen LogP contribution in [0.1, 0.15) is 41.0 Å². The zero-order chi connectivity index (χ0) is 22.2. The summed E-state index contributed by atoms with van der Waals surface area (Å²) in [6, 6.07) is 8.98. The van der Waals surface area contributed by atoms with Gasteiger partial charge in [0.25, 0.3) is 5.91 Å². The first-order valence-corrected chi connectivity index (χ1v) is 9.73. The number of aryl methyl sites for hydroxylation is 2. The maximum absolute atomic E-state index is 12.5. The Morgan fingerprint density at radius 1 is 1.06 bits per heavy atom. The molecule has 31 heavy (non-hydrogen) atoms. The number of pyridine rings is 1. The van der Waals surface area contributed by atoms with Gasteiger partial charge in [0.05, 0.1) is 23.7 Å². The Morgan fingerprint density at radius 3 is 2.52 bits per heavy atom. The summed E-state index contributed by atoms with van der Waals surface area (Å²) in [5, 5.41) is 6.70. The van der Waals surface area contributed by atoms with E-state index in [0.717, 1.165) is 11.1 Å². The molecular formula is C23H21N5O3. The summed E-state index contributed by atoms with van der Waals surface area (Å²) in [6.45, 7) is 7.09. The van der Waals surface area contributed by atoms with E-state index in [1.807, 2.05) is 25.1 Å². The van der Waals surface area contributed by atoms with Gasteiger partial charge in [0, 0.05) is 23.0 Å². The average Bonchev–Trinajstić information content (AvgIpc) is 3.02. The zero-order valence-corrected chi connectivity index (χ0v) is 17.6. The number of nitrogens with zero attached hydrogens (tertiary/aromatic N) is 4. The molecule has 1 aliphatic heterocycles. The second-order valence-electron chi connectivity index (χ2n) is 7.78. The molecule has 0 aliphatic carbocycles. The number of hydrogen-bond acceptors (Lipinski definition) is 7. The maximum atomic E-state index is 12.5. The Bertz CT molecular complexity index is 1220. The second-order valence-corrected chi connectivity index (χ2v) is 7.78. The molecular weight excluding hydrogens is 394 g/mol. The average molecular weight is 415 g/mol. The smallest absolute Gasteiger partial charge is 0.258 e.